The van der Waals surface area contributed by atoms with Crippen LogP contribution in [-0.4, -0.2) is 17.3 Å². The Morgan fingerprint density at radius 2 is 2.05 bits per heavy atom. The monoisotopic (exact) mass is 309 g/mol. The first-order valence-corrected chi connectivity index (χ1v) is 7.65. The van der Waals surface area contributed by atoms with Crippen LogP contribution in [0.25, 0.3) is 10.8 Å². The minimum Gasteiger partial charge on any atom is -0.382 e. The zero-order chi connectivity index (χ0) is 15.5. The minimum absolute atomic E-state index is 0.104. The highest BCUT2D eigenvalue weighted by molar-refractivity contribution is 7.18. The van der Waals surface area contributed by atoms with Crippen LogP contribution >= 0.6 is 11.3 Å². The summed E-state index contributed by atoms with van der Waals surface area (Å²) in [6, 6.07) is 13.6. The van der Waals surface area contributed by atoms with Crippen LogP contribution in [0, 0.1) is 0 Å². The van der Waals surface area contributed by atoms with E-state index in [4.69, 9.17) is 5.73 Å². The smallest absolute Gasteiger partial charge is 0.206 e. The molecule has 2 aromatic carbocycles. The standard InChI is InChI=1S/C17H15N3OS/c1-2-9-19-17-20-16(18)15(22-17)14(21)13-8-7-11-5-3-4-6-12(11)10-13/h2-8,10H,1,9,18H2,(H,19,20). The Labute approximate surface area is 132 Å². The molecule has 3 N–H and O–H groups in total. The molecule has 0 spiro atoms. The number of benzene rings is 2. The van der Waals surface area contributed by atoms with Crippen molar-refractivity contribution in [1.82, 2.24) is 4.98 Å². The zero-order valence-corrected chi connectivity index (χ0v) is 12.7. The number of nitrogens with two attached hydrogens (primary N) is 1. The fourth-order valence-electron chi connectivity index (χ4n) is 2.19. The maximum Gasteiger partial charge on any atom is 0.206 e. The highest BCUT2D eigenvalue weighted by Crippen LogP contribution is 2.28. The van der Waals surface area contributed by atoms with Gasteiger partial charge in [-0.3, -0.25) is 4.79 Å². The topological polar surface area (TPSA) is 68.0 Å². The highest BCUT2D eigenvalue weighted by atomic mass is 32.1. The lowest BCUT2D eigenvalue weighted by molar-refractivity contribution is 0.104. The van der Waals surface area contributed by atoms with E-state index in [1.54, 1.807) is 6.08 Å². The maximum atomic E-state index is 12.6. The molecule has 0 saturated carbocycles. The van der Waals surface area contributed by atoms with E-state index in [9.17, 15) is 4.79 Å². The van der Waals surface area contributed by atoms with E-state index in [1.165, 1.54) is 11.3 Å². The Kier molecular flexibility index (Phi) is 3.89. The van der Waals surface area contributed by atoms with Crippen LogP contribution in [-0.2, 0) is 0 Å². The van der Waals surface area contributed by atoms with Gasteiger partial charge in [-0.2, -0.15) is 0 Å². The largest absolute Gasteiger partial charge is 0.382 e. The molecule has 0 amide bonds. The van der Waals surface area contributed by atoms with Crippen LogP contribution in [0.1, 0.15) is 15.2 Å². The molecule has 0 unspecified atom stereocenters. The van der Waals surface area contributed by atoms with Crippen LogP contribution in [0.4, 0.5) is 10.9 Å². The molecular formula is C17H15N3OS. The summed E-state index contributed by atoms with van der Waals surface area (Å²) in [5, 5.41) is 5.81. The summed E-state index contributed by atoms with van der Waals surface area (Å²) >= 11 is 1.26. The van der Waals surface area contributed by atoms with Crippen LogP contribution < -0.4 is 11.1 Å². The maximum absolute atomic E-state index is 12.6. The molecule has 3 aromatic rings. The number of thiazole rings is 1. The third-order valence-electron chi connectivity index (χ3n) is 3.27. The van der Waals surface area contributed by atoms with Crippen molar-refractivity contribution in [3.63, 3.8) is 0 Å². The average Bonchev–Trinajstić information content (AvgIpc) is 2.92. The van der Waals surface area contributed by atoms with Gasteiger partial charge in [-0.15, -0.1) is 6.58 Å². The highest BCUT2D eigenvalue weighted by Gasteiger charge is 2.18. The number of hydrogen-bond acceptors (Lipinski definition) is 5. The molecule has 0 bridgehead atoms. The van der Waals surface area contributed by atoms with Crippen LogP contribution in [0.2, 0.25) is 0 Å². The van der Waals surface area contributed by atoms with Gasteiger partial charge >= 0.3 is 0 Å². The molecule has 0 radical (unpaired) electrons. The molecular weight excluding hydrogens is 294 g/mol. The van der Waals surface area contributed by atoms with Crippen molar-refractivity contribution in [3.05, 3.63) is 65.6 Å². The van der Waals surface area contributed by atoms with E-state index < -0.39 is 0 Å². The molecule has 0 saturated heterocycles. The summed E-state index contributed by atoms with van der Waals surface area (Å²) in [4.78, 5) is 17.3. The lowest BCUT2D eigenvalue weighted by atomic mass is 10.0. The van der Waals surface area contributed by atoms with E-state index in [0.717, 1.165) is 10.8 Å². The van der Waals surface area contributed by atoms with Crippen molar-refractivity contribution in [2.24, 2.45) is 0 Å². The second-order valence-corrected chi connectivity index (χ2v) is 5.79. The first-order valence-electron chi connectivity index (χ1n) is 6.83. The summed E-state index contributed by atoms with van der Waals surface area (Å²) in [5.41, 5.74) is 6.49. The lowest BCUT2D eigenvalue weighted by Crippen LogP contribution is -2.02. The molecule has 0 atom stereocenters. The Balaban J connectivity index is 1.94. The van der Waals surface area contributed by atoms with E-state index in [0.29, 0.717) is 22.1 Å². The first kappa shape index (κ1) is 14.3. The van der Waals surface area contributed by atoms with Gasteiger partial charge in [0, 0.05) is 12.1 Å². The van der Waals surface area contributed by atoms with Crippen LogP contribution in [0.5, 0.6) is 0 Å². The van der Waals surface area contributed by atoms with Gasteiger partial charge in [0.2, 0.25) is 5.78 Å². The van der Waals surface area contributed by atoms with Crippen molar-refractivity contribution in [1.29, 1.82) is 0 Å². The number of ketones is 1. The van der Waals surface area contributed by atoms with Gasteiger partial charge in [0.05, 0.1) is 0 Å². The zero-order valence-electron chi connectivity index (χ0n) is 11.9. The van der Waals surface area contributed by atoms with Crippen LogP contribution in [0.15, 0.2) is 55.1 Å². The predicted octanol–water partition coefficient (Wildman–Crippen LogP) is 3.71. The third-order valence-corrected chi connectivity index (χ3v) is 4.30. The molecule has 4 nitrogen and oxygen atoms in total. The van der Waals surface area contributed by atoms with E-state index >= 15 is 0 Å². The fraction of sp³-hybridized carbons (Fsp3) is 0.0588. The van der Waals surface area contributed by atoms with Crippen molar-refractivity contribution in [2.75, 3.05) is 17.6 Å². The van der Waals surface area contributed by atoms with Crippen molar-refractivity contribution < 1.29 is 4.79 Å². The van der Waals surface area contributed by atoms with Crippen molar-refractivity contribution >= 4 is 38.8 Å². The van der Waals surface area contributed by atoms with E-state index in [1.807, 2.05) is 42.5 Å². The summed E-state index contributed by atoms with van der Waals surface area (Å²) in [7, 11) is 0. The van der Waals surface area contributed by atoms with E-state index in [2.05, 4.69) is 16.9 Å². The second kappa shape index (κ2) is 5.99. The number of nitrogens with one attached hydrogen (secondary N) is 1. The quantitative estimate of drug-likeness (QED) is 0.557. The van der Waals surface area contributed by atoms with Gasteiger partial charge in [-0.1, -0.05) is 53.8 Å². The molecule has 1 aromatic heterocycles. The number of carbonyl (C=O) groups excluding carboxylic acids is 1. The molecule has 110 valence electrons. The number of carbonyl (C=O) groups is 1. The predicted molar refractivity (Wildman–Crippen MR) is 92.6 cm³/mol. The average molecular weight is 309 g/mol. The van der Waals surface area contributed by atoms with Crippen molar-refractivity contribution in [3.8, 4) is 0 Å². The number of rotatable bonds is 5. The molecule has 0 aliphatic rings. The Bertz CT molecular complexity index is 854. The number of fused-ring (bicyclic) bond motifs is 1. The third kappa shape index (κ3) is 2.71. The molecule has 22 heavy (non-hydrogen) atoms. The number of anilines is 2. The number of nitrogen functional groups attached to an aromatic ring is 1. The fourth-order valence-corrected chi connectivity index (χ4v) is 3.04. The van der Waals surface area contributed by atoms with Gasteiger partial charge in [-0.25, -0.2) is 4.98 Å². The molecule has 3 rings (SSSR count). The van der Waals surface area contributed by atoms with Gasteiger partial charge in [0.25, 0.3) is 0 Å². The minimum atomic E-state index is -0.104. The Morgan fingerprint density at radius 1 is 1.27 bits per heavy atom. The van der Waals surface area contributed by atoms with Gasteiger partial charge in [0.15, 0.2) is 5.13 Å². The molecule has 0 aliphatic heterocycles. The summed E-state index contributed by atoms with van der Waals surface area (Å²) in [6.07, 6.45) is 1.72. The van der Waals surface area contributed by atoms with Gasteiger partial charge in [0.1, 0.15) is 10.7 Å². The second-order valence-electron chi connectivity index (χ2n) is 4.79. The molecule has 5 heteroatoms. The van der Waals surface area contributed by atoms with Crippen LogP contribution in [0.3, 0.4) is 0 Å². The van der Waals surface area contributed by atoms with Gasteiger partial charge < -0.3 is 11.1 Å². The van der Waals surface area contributed by atoms with Gasteiger partial charge in [-0.05, 0) is 16.8 Å². The normalized spacial score (nSPS) is 10.5. The SMILES string of the molecule is C=CCNc1nc(N)c(C(=O)c2ccc3ccccc3c2)s1. The Hall–Kier alpha value is -2.66. The first-order chi connectivity index (χ1) is 10.7. The molecule has 1 heterocycles. The summed E-state index contributed by atoms with van der Waals surface area (Å²) < 4.78 is 0. The Morgan fingerprint density at radius 3 is 2.82 bits per heavy atom. The van der Waals surface area contributed by atoms with E-state index in [-0.39, 0.29) is 11.6 Å². The summed E-state index contributed by atoms with van der Waals surface area (Å²) in [6.45, 7) is 4.21. The number of hydrogen-bond donors (Lipinski definition) is 2. The number of aromatic nitrogens is 1. The molecule has 0 fully saturated rings. The number of nitrogens with zero attached hydrogens (tertiary/aromatic N) is 1. The lowest BCUT2D eigenvalue weighted by Gasteiger charge is -2.02. The van der Waals surface area contributed by atoms with Crippen molar-refractivity contribution in [2.45, 2.75) is 0 Å². The molecule has 0 aliphatic carbocycles. The summed E-state index contributed by atoms with van der Waals surface area (Å²) in [5.74, 6) is 0.155.